The number of hydrogen-bond acceptors (Lipinski definition) is 4. The molecule has 0 aliphatic carbocycles. The minimum atomic E-state index is -3.66. The van der Waals surface area contributed by atoms with Gasteiger partial charge in [0.2, 0.25) is 10.0 Å². The molecular weight excluding hydrogens is 276 g/mol. The van der Waals surface area contributed by atoms with E-state index in [2.05, 4.69) is 4.72 Å². The van der Waals surface area contributed by atoms with Crippen molar-refractivity contribution in [3.05, 3.63) is 53.6 Å². The highest BCUT2D eigenvalue weighted by Crippen LogP contribution is 2.23. The topological polar surface area (TPSA) is 92.4 Å². The largest absolute Gasteiger partial charge is 0.506 e. The zero-order valence-corrected chi connectivity index (χ0v) is 11.8. The van der Waals surface area contributed by atoms with Crippen molar-refractivity contribution < 1.29 is 13.5 Å². The van der Waals surface area contributed by atoms with Gasteiger partial charge < -0.3 is 10.8 Å². The fourth-order valence-corrected chi connectivity index (χ4v) is 2.81. The Morgan fingerprint density at radius 2 is 1.90 bits per heavy atom. The molecule has 5 nitrogen and oxygen atoms in total. The van der Waals surface area contributed by atoms with Crippen LogP contribution in [0.15, 0.2) is 47.4 Å². The molecule has 0 amide bonds. The van der Waals surface area contributed by atoms with Crippen LogP contribution in [0, 0.1) is 6.92 Å². The first-order chi connectivity index (χ1) is 9.40. The molecule has 0 unspecified atom stereocenters. The molecule has 0 spiro atoms. The van der Waals surface area contributed by atoms with Crippen molar-refractivity contribution in [2.24, 2.45) is 0 Å². The van der Waals surface area contributed by atoms with Crippen LogP contribution in [0.1, 0.15) is 11.1 Å². The van der Waals surface area contributed by atoms with Crippen LogP contribution >= 0.6 is 0 Å². The third-order valence-corrected chi connectivity index (χ3v) is 4.42. The number of phenolic OH excluding ortho intramolecular Hbond substituents is 1. The molecule has 2 rings (SSSR count). The highest BCUT2D eigenvalue weighted by Gasteiger charge is 2.15. The van der Waals surface area contributed by atoms with Crippen LogP contribution in [-0.2, 0) is 16.6 Å². The zero-order valence-electron chi connectivity index (χ0n) is 11.0. The van der Waals surface area contributed by atoms with Crippen LogP contribution in [0.5, 0.6) is 5.75 Å². The predicted molar refractivity (Wildman–Crippen MR) is 77.7 cm³/mol. The lowest BCUT2D eigenvalue weighted by Crippen LogP contribution is -2.23. The first-order valence-corrected chi connectivity index (χ1v) is 7.51. The van der Waals surface area contributed by atoms with Gasteiger partial charge in [0, 0.05) is 6.54 Å². The van der Waals surface area contributed by atoms with E-state index in [1.165, 1.54) is 18.2 Å². The number of phenols is 1. The summed E-state index contributed by atoms with van der Waals surface area (Å²) < 4.78 is 26.8. The van der Waals surface area contributed by atoms with E-state index in [-0.39, 0.29) is 22.9 Å². The molecule has 0 radical (unpaired) electrons. The van der Waals surface area contributed by atoms with Crippen LogP contribution in [-0.4, -0.2) is 13.5 Å². The second-order valence-electron chi connectivity index (χ2n) is 4.47. The number of nitrogen functional groups attached to an aromatic ring is 1. The average Bonchev–Trinajstić information content (AvgIpc) is 2.41. The normalized spacial score (nSPS) is 11.4. The Balaban J connectivity index is 2.19. The van der Waals surface area contributed by atoms with E-state index in [1.807, 2.05) is 31.2 Å². The molecule has 0 saturated heterocycles. The highest BCUT2D eigenvalue weighted by atomic mass is 32.2. The number of hydrogen-bond donors (Lipinski definition) is 3. The Morgan fingerprint density at radius 1 is 1.20 bits per heavy atom. The summed E-state index contributed by atoms with van der Waals surface area (Å²) >= 11 is 0. The molecular formula is C14H16N2O3S. The fraction of sp³-hybridized carbons (Fsp3) is 0.143. The Kier molecular flexibility index (Phi) is 3.96. The Bertz CT molecular complexity index is 727. The monoisotopic (exact) mass is 292 g/mol. The lowest BCUT2D eigenvalue weighted by molar-refractivity contribution is 0.477. The van der Waals surface area contributed by atoms with Crippen molar-refractivity contribution in [3.8, 4) is 5.75 Å². The summed E-state index contributed by atoms with van der Waals surface area (Å²) in [4.78, 5) is 0.0291. The first kappa shape index (κ1) is 14.4. The minimum Gasteiger partial charge on any atom is -0.506 e. The maximum atomic E-state index is 12.1. The van der Waals surface area contributed by atoms with Crippen LogP contribution < -0.4 is 10.5 Å². The molecule has 2 aromatic carbocycles. The molecule has 0 aromatic heterocycles. The molecule has 0 saturated carbocycles. The van der Waals surface area contributed by atoms with Gasteiger partial charge in [0.1, 0.15) is 5.75 Å². The Labute approximate surface area is 118 Å². The summed E-state index contributed by atoms with van der Waals surface area (Å²) in [7, 11) is -3.66. The molecule has 0 atom stereocenters. The number of sulfonamides is 1. The number of rotatable bonds is 4. The predicted octanol–water partition coefficient (Wildman–Crippen LogP) is 1.76. The van der Waals surface area contributed by atoms with Gasteiger partial charge in [0.05, 0.1) is 10.6 Å². The van der Waals surface area contributed by atoms with Crippen LogP contribution in [0.3, 0.4) is 0 Å². The van der Waals surface area contributed by atoms with Crippen molar-refractivity contribution in [1.82, 2.24) is 4.72 Å². The summed E-state index contributed by atoms with van der Waals surface area (Å²) in [6, 6.07) is 11.3. The number of anilines is 1. The summed E-state index contributed by atoms with van der Waals surface area (Å²) in [6.45, 7) is 2.12. The second kappa shape index (κ2) is 5.52. The van der Waals surface area contributed by atoms with Crippen molar-refractivity contribution in [2.45, 2.75) is 18.4 Å². The van der Waals surface area contributed by atoms with Gasteiger partial charge in [0.25, 0.3) is 0 Å². The average molecular weight is 292 g/mol. The van der Waals surface area contributed by atoms with Gasteiger partial charge in [-0.2, -0.15) is 0 Å². The zero-order chi connectivity index (χ0) is 14.8. The van der Waals surface area contributed by atoms with E-state index in [0.29, 0.717) is 0 Å². The van der Waals surface area contributed by atoms with Crippen LogP contribution in [0.25, 0.3) is 0 Å². The highest BCUT2D eigenvalue weighted by molar-refractivity contribution is 7.89. The standard InChI is InChI=1S/C14H16N2O3S/c1-10-4-2-3-5-11(10)9-16-20(18,19)12-6-7-14(17)13(15)8-12/h2-8,16-17H,9,15H2,1H3. The van der Waals surface area contributed by atoms with Gasteiger partial charge in [-0.3, -0.25) is 0 Å². The molecule has 4 N–H and O–H groups in total. The maximum absolute atomic E-state index is 12.1. The third-order valence-electron chi connectivity index (χ3n) is 3.02. The van der Waals surface area contributed by atoms with Gasteiger partial charge in [-0.25, -0.2) is 13.1 Å². The number of benzene rings is 2. The van der Waals surface area contributed by atoms with Gasteiger partial charge >= 0.3 is 0 Å². The molecule has 0 heterocycles. The summed E-state index contributed by atoms with van der Waals surface area (Å²) in [5.41, 5.74) is 7.46. The quantitative estimate of drug-likeness (QED) is 0.591. The fourth-order valence-electron chi connectivity index (χ4n) is 1.76. The third kappa shape index (κ3) is 3.09. The number of nitrogens with one attached hydrogen (secondary N) is 1. The number of aryl methyl sites for hydroxylation is 1. The molecule has 0 aliphatic rings. The van der Waals surface area contributed by atoms with Gasteiger partial charge in [0.15, 0.2) is 0 Å². The van der Waals surface area contributed by atoms with Crippen molar-refractivity contribution in [2.75, 3.05) is 5.73 Å². The Hall–Kier alpha value is -2.05. The minimum absolute atomic E-state index is 0.0291. The summed E-state index contributed by atoms with van der Waals surface area (Å²) in [5, 5.41) is 9.31. The first-order valence-electron chi connectivity index (χ1n) is 6.03. The van der Waals surface area contributed by atoms with E-state index in [0.717, 1.165) is 11.1 Å². The smallest absolute Gasteiger partial charge is 0.240 e. The maximum Gasteiger partial charge on any atom is 0.240 e. The van der Waals surface area contributed by atoms with Gasteiger partial charge in [-0.15, -0.1) is 0 Å². The lowest BCUT2D eigenvalue weighted by atomic mass is 10.1. The lowest BCUT2D eigenvalue weighted by Gasteiger charge is -2.09. The SMILES string of the molecule is Cc1ccccc1CNS(=O)(=O)c1ccc(O)c(N)c1. The van der Waals surface area contributed by atoms with Crippen molar-refractivity contribution in [3.63, 3.8) is 0 Å². The van der Waals surface area contributed by atoms with Gasteiger partial charge in [-0.05, 0) is 36.2 Å². The van der Waals surface area contributed by atoms with E-state index < -0.39 is 10.0 Å². The number of aromatic hydroxyl groups is 1. The molecule has 0 bridgehead atoms. The number of nitrogens with two attached hydrogens (primary N) is 1. The van der Waals surface area contributed by atoms with Crippen LogP contribution in [0.4, 0.5) is 5.69 Å². The molecule has 0 aliphatic heterocycles. The second-order valence-corrected chi connectivity index (χ2v) is 6.24. The van der Waals surface area contributed by atoms with E-state index >= 15 is 0 Å². The molecule has 0 fully saturated rings. The molecule has 6 heteroatoms. The van der Waals surface area contributed by atoms with Crippen molar-refractivity contribution >= 4 is 15.7 Å². The van der Waals surface area contributed by atoms with E-state index in [1.54, 1.807) is 0 Å². The van der Waals surface area contributed by atoms with E-state index in [9.17, 15) is 13.5 Å². The molecule has 2 aromatic rings. The summed E-state index contributed by atoms with van der Waals surface area (Å²) in [5.74, 6) is -0.136. The Morgan fingerprint density at radius 3 is 2.55 bits per heavy atom. The summed E-state index contributed by atoms with van der Waals surface area (Å²) in [6.07, 6.45) is 0. The van der Waals surface area contributed by atoms with Crippen LogP contribution in [0.2, 0.25) is 0 Å². The molecule has 20 heavy (non-hydrogen) atoms. The van der Waals surface area contributed by atoms with E-state index in [4.69, 9.17) is 5.73 Å². The molecule has 106 valence electrons. The van der Waals surface area contributed by atoms with Gasteiger partial charge in [-0.1, -0.05) is 24.3 Å². The van der Waals surface area contributed by atoms with Crippen molar-refractivity contribution in [1.29, 1.82) is 0 Å².